The topological polar surface area (TPSA) is 113 Å². The van der Waals surface area contributed by atoms with Gasteiger partial charge < -0.3 is 10.1 Å². The van der Waals surface area contributed by atoms with Crippen LogP contribution in [0.5, 0.6) is 0 Å². The van der Waals surface area contributed by atoms with Crippen molar-refractivity contribution >= 4 is 12.0 Å². The number of carbonyl (C=O) groups excluding carboxylic acids is 2. The van der Waals surface area contributed by atoms with E-state index in [1.54, 1.807) is 4.90 Å². The maximum Gasteiger partial charge on any atom is 0.338 e. The molecule has 1 atom stereocenters. The molecule has 2 N–H and O–H groups in total. The molecule has 4 aromatic rings. The molecule has 0 radical (unpaired) electrons. The summed E-state index contributed by atoms with van der Waals surface area (Å²) in [6, 6.07) is 26.7. The number of aryl methyl sites for hydroxylation is 1. The highest BCUT2D eigenvalue weighted by Crippen LogP contribution is 2.33. The van der Waals surface area contributed by atoms with E-state index in [-0.39, 0.29) is 12.6 Å². The first-order valence-corrected chi connectivity index (χ1v) is 13.5. The predicted molar refractivity (Wildman–Crippen MR) is 151 cm³/mol. The number of tetrazole rings is 1. The van der Waals surface area contributed by atoms with Gasteiger partial charge in [-0.05, 0) is 42.0 Å². The van der Waals surface area contributed by atoms with Crippen molar-refractivity contribution in [3.63, 3.8) is 0 Å². The molecule has 9 heteroatoms. The Hall–Kier alpha value is -4.79. The number of allylic oxidation sites excluding steroid dienone is 1. The van der Waals surface area contributed by atoms with Gasteiger partial charge in [0, 0.05) is 18.7 Å². The molecule has 3 aromatic carbocycles. The third-order valence-electron chi connectivity index (χ3n) is 7.05. The number of rotatable bonds is 11. The molecule has 2 heterocycles. The fraction of sp³-hybridized carbons (Fsp3) is 0.258. The van der Waals surface area contributed by atoms with Crippen LogP contribution >= 0.6 is 0 Å². The number of carbonyl (C=O) groups is 2. The Bertz CT molecular complexity index is 1440. The molecule has 0 fully saturated rings. The molecule has 0 bridgehead atoms. The van der Waals surface area contributed by atoms with Gasteiger partial charge >= 0.3 is 12.0 Å². The number of ether oxygens (including phenoxy) is 1. The van der Waals surface area contributed by atoms with Crippen molar-refractivity contribution in [2.24, 2.45) is 0 Å². The van der Waals surface area contributed by atoms with Crippen LogP contribution in [0.2, 0.25) is 0 Å². The summed E-state index contributed by atoms with van der Waals surface area (Å²) in [7, 11) is 0. The van der Waals surface area contributed by atoms with Gasteiger partial charge in [-0.15, -0.1) is 10.2 Å². The number of benzene rings is 3. The van der Waals surface area contributed by atoms with Crippen molar-refractivity contribution in [1.82, 2.24) is 30.8 Å². The van der Waals surface area contributed by atoms with Gasteiger partial charge in [0.1, 0.15) is 6.61 Å². The van der Waals surface area contributed by atoms with E-state index in [1.165, 1.54) is 0 Å². The van der Waals surface area contributed by atoms with Crippen molar-refractivity contribution in [2.45, 2.75) is 45.3 Å². The zero-order valence-corrected chi connectivity index (χ0v) is 22.4. The normalized spacial score (nSPS) is 15.2. The highest BCUT2D eigenvalue weighted by atomic mass is 16.5. The number of nitrogens with zero attached hydrogens (tertiary/aromatic N) is 4. The minimum atomic E-state index is -0.616. The Morgan fingerprint density at radius 3 is 2.30 bits per heavy atom. The van der Waals surface area contributed by atoms with E-state index in [1.807, 2.05) is 91.9 Å². The van der Waals surface area contributed by atoms with E-state index in [2.05, 4.69) is 25.9 Å². The number of amides is 2. The fourth-order valence-corrected chi connectivity index (χ4v) is 4.88. The maximum absolute atomic E-state index is 13.5. The molecule has 0 saturated carbocycles. The molecule has 204 valence electrons. The summed E-state index contributed by atoms with van der Waals surface area (Å²) < 4.78 is 5.75. The first-order valence-electron chi connectivity index (χ1n) is 13.5. The number of aromatic nitrogens is 4. The number of urea groups is 1. The van der Waals surface area contributed by atoms with E-state index in [9.17, 15) is 9.59 Å². The Morgan fingerprint density at radius 2 is 1.60 bits per heavy atom. The maximum atomic E-state index is 13.5. The predicted octanol–water partition coefficient (Wildman–Crippen LogP) is 5.36. The third-order valence-corrected chi connectivity index (χ3v) is 7.05. The van der Waals surface area contributed by atoms with Gasteiger partial charge in [-0.3, -0.25) is 4.90 Å². The van der Waals surface area contributed by atoms with Crippen LogP contribution in [-0.2, 0) is 22.6 Å². The summed E-state index contributed by atoms with van der Waals surface area (Å²) in [5.41, 5.74) is 4.92. The Kier molecular flexibility index (Phi) is 8.60. The van der Waals surface area contributed by atoms with E-state index in [0.717, 1.165) is 47.9 Å². The highest BCUT2D eigenvalue weighted by molar-refractivity contribution is 5.95. The zero-order valence-electron chi connectivity index (χ0n) is 22.4. The van der Waals surface area contributed by atoms with E-state index >= 15 is 0 Å². The molecular formula is C31H32N6O3. The number of H-pyrrole nitrogens is 1. The molecule has 40 heavy (non-hydrogen) atoms. The molecule has 0 spiro atoms. The van der Waals surface area contributed by atoms with Gasteiger partial charge in [-0.2, -0.15) is 5.21 Å². The van der Waals surface area contributed by atoms with Crippen LogP contribution in [0, 0.1) is 0 Å². The molecule has 0 saturated heterocycles. The number of nitrogens with one attached hydrogen (secondary N) is 2. The smallest absolute Gasteiger partial charge is 0.338 e. The number of unbranched alkanes of at least 4 members (excludes halogenated alkanes) is 2. The van der Waals surface area contributed by atoms with Crippen molar-refractivity contribution in [3.8, 4) is 11.1 Å². The van der Waals surface area contributed by atoms with Gasteiger partial charge in [0.05, 0.1) is 11.6 Å². The molecule has 2 amide bonds. The molecule has 9 nitrogen and oxygen atoms in total. The molecular weight excluding hydrogens is 504 g/mol. The van der Waals surface area contributed by atoms with Crippen LogP contribution in [0.25, 0.3) is 11.1 Å². The van der Waals surface area contributed by atoms with E-state index in [4.69, 9.17) is 4.74 Å². The minimum Gasteiger partial charge on any atom is -0.457 e. The van der Waals surface area contributed by atoms with Crippen LogP contribution in [0.1, 0.15) is 49.2 Å². The first-order chi connectivity index (χ1) is 19.6. The second-order valence-corrected chi connectivity index (χ2v) is 9.72. The van der Waals surface area contributed by atoms with Crippen molar-refractivity contribution in [1.29, 1.82) is 0 Å². The molecule has 1 unspecified atom stereocenters. The molecule has 1 aliphatic rings. The number of esters is 1. The average Bonchev–Trinajstić information content (AvgIpc) is 3.52. The second-order valence-electron chi connectivity index (χ2n) is 9.72. The largest absolute Gasteiger partial charge is 0.457 e. The third kappa shape index (κ3) is 6.43. The van der Waals surface area contributed by atoms with Crippen LogP contribution in [-0.4, -0.2) is 44.1 Å². The van der Waals surface area contributed by atoms with Gasteiger partial charge in [0.15, 0.2) is 5.82 Å². The first kappa shape index (κ1) is 26.8. The van der Waals surface area contributed by atoms with Gasteiger partial charge in [0.25, 0.3) is 0 Å². The summed E-state index contributed by atoms with van der Waals surface area (Å²) in [5, 5.41) is 17.0. The van der Waals surface area contributed by atoms with E-state index < -0.39 is 12.0 Å². The number of hydrogen-bond acceptors (Lipinski definition) is 6. The van der Waals surface area contributed by atoms with Crippen LogP contribution in [0.3, 0.4) is 0 Å². The second kappa shape index (κ2) is 12.8. The summed E-state index contributed by atoms with van der Waals surface area (Å²) >= 11 is 0. The van der Waals surface area contributed by atoms with Gasteiger partial charge in [-0.1, -0.05) is 96.6 Å². The fourth-order valence-electron chi connectivity index (χ4n) is 4.88. The molecule has 1 aromatic heterocycles. The van der Waals surface area contributed by atoms with Crippen LogP contribution < -0.4 is 5.32 Å². The number of hydrogen-bond donors (Lipinski definition) is 2. The molecule has 5 rings (SSSR count). The lowest BCUT2D eigenvalue weighted by Crippen LogP contribution is -2.48. The van der Waals surface area contributed by atoms with Crippen molar-refractivity contribution in [3.05, 3.63) is 113 Å². The molecule has 1 aliphatic heterocycles. The van der Waals surface area contributed by atoms with Gasteiger partial charge in [0.2, 0.25) is 0 Å². The SMILES string of the molecule is CC1=C(C(=O)OCc2ccccc2)C(c2ccc(-c3ccccc3)cc2)NC(=O)N1CCCCCc1nn[nH]n1. The Balaban J connectivity index is 1.34. The van der Waals surface area contributed by atoms with Crippen LogP contribution in [0.4, 0.5) is 4.79 Å². The Morgan fingerprint density at radius 1 is 0.900 bits per heavy atom. The van der Waals surface area contributed by atoms with Gasteiger partial charge in [-0.25, -0.2) is 9.59 Å². The summed E-state index contributed by atoms with van der Waals surface area (Å²) in [6.07, 6.45) is 3.24. The lowest BCUT2D eigenvalue weighted by molar-refractivity contribution is -0.141. The molecule has 0 aliphatic carbocycles. The lowest BCUT2D eigenvalue weighted by atomic mass is 9.93. The standard InChI is InChI=1S/C31H32N6O3/c1-22-28(30(38)40-21-23-11-5-2-6-12-23)29(26-18-16-25(17-19-26)24-13-7-3-8-14-24)32-31(39)37(22)20-10-4-9-15-27-33-35-36-34-27/h2-3,5-8,11-14,16-19,29H,4,9-10,15,20-21H2,1H3,(H,32,39)(H,33,34,35,36). The number of aromatic amines is 1. The van der Waals surface area contributed by atoms with Crippen molar-refractivity contribution < 1.29 is 14.3 Å². The average molecular weight is 537 g/mol. The Labute approximate surface area is 233 Å². The highest BCUT2D eigenvalue weighted by Gasteiger charge is 2.36. The van der Waals surface area contributed by atoms with E-state index in [0.29, 0.717) is 23.6 Å². The monoisotopic (exact) mass is 536 g/mol. The zero-order chi connectivity index (χ0) is 27.7. The quantitative estimate of drug-likeness (QED) is 0.197. The summed E-state index contributed by atoms with van der Waals surface area (Å²) in [6.45, 7) is 2.46. The summed E-state index contributed by atoms with van der Waals surface area (Å²) in [4.78, 5) is 28.4. The minimum absolute atomic E-state index is 0.153. The van der Waals surface area contributed by atoms with Crippen molar-refractivity contribution in [2.75, 3.05) is 6.54 Å². The summed E-state index contributed by atoms with van der Waals surface area (Å²) in [5.74, 6) is 0.233. The van der Waals surface area contributed by atoms with Crippen LogP contribution in [0.15, 0.2) is 96.2 Å². The lowest BCUT2D eigenvalue weighted by Gasteiger charge is -2.35.